The molecular formula is C26H47NO2. The molecule has 3 heteroatoms. The van der Waals surface area contributed by atoms with Crippen molar-refractivity contribution in [2.45, 2.75) is 136 Å². The molecule has 29 heavy (non-hydrogen) atoms. The molecule has 0 spiro atoms. The van der Waals surface area contributed by atoms with Gasteiger partial charge in [-0.2, -0.15) is 0 Å². The molecule has 1 aliphatic heterocycles. The topological polar surface area (TPSA) is 37.4 Å². The molecule has 1 unspecified atom stereocenters. The lowest BCUT2D eigenvalue weighted by molar-refractivity contribution is -0.140. The SMILES string of the molecule is CCCCC=C(C)C(CCCCCCCCCCCCCC)N1CCC(=O)C1=O. The second-order valence-electron chi connectivity index (χ2n) is 8.96. The predicted octanol–water partition coefficient (Wildman–Crippen LogP) is 7.38. The Morgan fingerprint density at radius 2 is 1.34 bits per heavy atom. The molecule has 0 N–H and O–H groups in total. The van der Waals surface area contributed by atoms with E-state index in [4.69, 9.17) is 0 Å². The number of carbonyl (C=O) groups excluding carboxylic acids is 2. The van der Waals surface area contributed by atoms with E-state index < -0.39 is 0 Å². The molecule has 0 aliphatic carbocycles. The van der Waals surface area contributed by atoms with Crippen LogP contribution in [0.15, 0.2) is 11.6 Å². The first-order valence-electron chi connectivity index (χ1n) is 12.6. The van der Waals surface area contributed by atoms with Crippen LogP contribution in [-0.2, 0) is 9.59 Å². The highest BCUT2D eigenvalue weighted by Gasteiger charge is 2.34. The number of amides is 1. The maximum Gasteiger partial charge on any atom is 0.290 e. The molecule has 0 radical (unpaired) electrons. The highest BCUT2D eigenvalue weighted by molar-refractivity contribution is 6.38. The highest BCUT2D eigenvalue weighted by Crippen LogP contribution is 2.23. The molecule has 0 aromatic heterocycles. The fraction of sp³-hybridized carbons (Fsp3) is 0.846. The highest BCUT2D eigenvalue weighted by atomic mass is 16.2. The van der Waals surface area contributed by atoms with Gasteiger partial charge >= 0.3 is 0 Å². The van der Waals surface area contributed by atoms with Crippen molar-refractivity contribution in [1.82, 2.24) is 4.90 Å². The largest absolute Gasteiger partial charge is 0.329 e. The summed E-state index contributed by atoms with van der Waals surface area (Å²) in [6, 6.07) is 0.133. The van der Waals surface area contributed by atoms with Crippen LogP contribution in [0.2, 0.25) is 0 Å². The zero-order valence-electron chi connectivity index (χ0n) is 19.6. The molecule has 1 rings (SSSR count). The van der Waals surface area contributed by atoms with Gasteiger partial charge in [0.2, 0.25) is 5.78 Å². The van der Waals surface area contributed by atoms with Crippen molar-refractivity contribution in [3.05, 3.63) is 11.6 Å². The first-order valence-corrected chi connectivity index (χ1v) is 12.6. The number of ketones is 1. The summed E-state index contributed by atoms with van der Waals surface area (Å²) in [4.78, 5) is 25.8. The fourth-order valence-corrected chi connectivity index (χ4v) is 4.37. The lowest BCUT2D eigenvalue weighted by Crippen LogP contribution is -2.38. The molecule has 1 heterocycles. The molecule has 0 bridgehead atoms. The summed E-state index contributed by atoms with van der Waals surface area (Å²) in [7, 11) is 0. The quantitative estimate of drug-likeness (QED) is 0.135. The second kappa shape index (κ2) is 16.7. The number of unbranched alkanes of at least 4 members (excludes halogenated alkanes) is 13. The van der Waals surface area contributed by atoms with Gasteiger partial charge in [-0.05, 0) is 19.8 Å². The monoisotopic (exact) mass is 405 g/mol. The fourth-order valence-electron chi connectivity index (χ4n) is 4.37. The van der Waals surface area contributed by atoms with E-state index in [2.05, 4.69) is 26.8 Å². The van der Waals surface area contributed by atoms with Gasteiger partial charge in [0, 0.05) is 13.0 Å². The van der Waals surface area contributed by atoms with Gasteiger partial charge in [0.15, 0.2) is 0 Å². The lowest BCUT2D eigenvalue weighted by atomic mass is 9.97. The van der Waals surface area contributed by atoms with Gasteiger partial charge in [0.25, 0.3) is 5.91 Å². The van der Waals surface area contributed by atoms with Crippen LogP contribution in [0.4, 0.5) is 0 Å². The summed E-state index contributed by atoms with van der Waals surface area (Å²) < 4.78 is 0. The van der Waals surface area contributed by atoms with Gasteiger partial charge in [-0.25, -0.2) is 0 Å². The molecular weight excluding hydrogens is 358 g/mol. The maximum atomic E-state index is 12.2. The number of rotatable bonds is 18. The Bertz CT molecular complexity index is 483. The first kappa shape index (κ1) is 25.9. The van der Waals surface area contributed by atoms with Gasteiger partial charge in [0.05, 0.1) is 6.04 Å². The van der Waals surface area contributed by atoms with Crippen LogP contribution in [0.1, 0.15) is 130 Å². The molecule has 3 nitrogen and oxygen atoms in total. The van der Waals surface area contributed by atoms with Crippen molar-refractivity contribution in [3.8, 4) is 0 Å². The molecule has 1 amide bonds. The van der Waals surface area contributed by atoms with E-state index >= 15 is 0 Å². The molecule has 1 saturated heterocycles. The number of Topliss-reactive ketones (excluding diaryl/α,β-unsaturated/α-hetero) is 1. The van der Waals surface area contributed by atoms with Gasteiger partial charge < -0.3 is 4.90 Å². The Balaban J connectivity index is 2.24. The van der Waals surface area contributed by atoms with Crippen molar-refractivity contribution in [2.24, 2.45) is 0 Å². The van der Waals surface area contributed by atoms with E-state index in [-0.39, 0.29) is 17.7 Å². The Hall–Kier alpha value is -1.12. The number of carbonyl (C=O) groups is 2. The van der Waals surface area contributed by atoms with E-state index in [1.165, 1.54) is 89.0 Å². The van der Waals surface area contributed by atoms with Gasteiger partial charge in [-0.3, -0.25) is 9.59 Å². The maximum absolute atomic E-state index is 12.2. The molecule has 1 aliphatic rings. The zero-order chi connectivity index (χ0) is 21.3. The normalized spacial score (nSPS) is 16.1. The first-order chi connectivity index (χ1) is 14.1. The third kappa shape index (κ3) is 11.0. The smallest absolute Gasteiger partial charge is 0.290 e. The van der Waals surface area contributed by atoms with Crippen molar-refractivity contribution < 1.29 is 9.59 Å². The molecule has 1 atom stereocenters. The molecule has 0 saturated carbocycles. The van der Waals surface area contributed by atoms with E-state index in [0.29, 0.717) is 13.0 Å². The van der Waals surface area contributed by atoms with Gasteiger partial charge in [0.1, 0.15) is 0 Å². The number of allylic oxidation sites excluding steroid dienone is 1. The van der Waals surface area contributed by atoms with Crippen LogP contribution >= 0.6 is 0 Å². The summed E-state index contributed by atoms with van der Waals surface area (Å²) in [6.45, 7) is 7.24. The Morgan fingerprint density at radius 3 is 1.83 bits per heavy atom. The number of hydrogen-bond donors (Lipinski definition) is 0. The molecule has 1 fully saturated rings. The van der Waals surface area contributed by atoms with Crippen LogP contribution in [-0.4, -0.2) is 29.2 Å². The minimum atomic E-state index is -0.253. The second-order valence-corrected chi connectivity index (χ2v) is 8.96. The van der Waals surface area contributed by atoms with E-state index in [1.54, 1.807) is 0 Å². The van der Waals surface area contributed by atoms with Crippen LogP contribution in [0.5, 0.6) is 0 Å². The minimum absolute atomic E-state index is 0.133. The van der Waals surface area contributed by atoms with Crippen molar-refractivity contribution in [1.29, 1.82) is 0 Å². The third-order valence-corrected chi connectivity index (χ3v) is 6.34. The molecule has 168 valence electrons. The number of nitrogens with zero attached hydrogens (tertiary/aromatic N) is 1. The average Bonchev–Trinajstić information content (AvgIpc) is 3.04. The molecule has 0 aromatic carbocycles. The summed E-state index contributed by atoms with van der Waals surface area (Å²) in [6.07, 6.45) is 23.3. The standard InChI is InChI=1S/C26H47NO2/c1-4-6-8-9-10-11-12-13-14-15-16-18-20-24(23(3)19-17-7-5-2)27-22-21-25(28)26(27)29/h19,24H,4-18,20-22H2,1-3H3. The van der Waals surface area contributed by atoms with Crippen LogP contribution in [0.25, 0.3) is 0 Å². The molecule has 0 aromatic rings. The van der Waals surface area contributed by atoms with E-state index in [1.807, 2.05) is 4.90 Å². The van der Waals surface area contributed by atoms with Gasteiger partial charge in [-0.15, -0.1) is 0 Å². The van der Waals surface area contributed by atoms with Gasteiger partial charge in [-0.1, -0.05) is 115 Å². The number of likely N-dealkylation sites (tertiary alicyclic amines) is 1. The summed E-state index contributed by atoms with van der Waals surface area (Å²) in [5, 5.41) is 0. The zero-order valence-corrected chi connectivity index (χ0v) is 19.6. The number of hydrogen-bond acceptors (Lipinski definition) is 2. The summed E-state index contributed by atoms with van der Waals surface area (Å²) in [5.41, 5.74) is 1.28. The van der Waals surface area contributed by atoms with Crippen molar-refractivity contribution in [3.63, 3.8) is 0 Å². The Kier molecular flexibility index (Phi) is 14.9. The van der Waals surface area contributed by atoms with E-state index in [0.717, 1.165) is 19.3 Å². The average molecular weight is 406 g/mol. The third-order valence-electron chi connectivity index (χ3n) is 6.34. The van der Waals surface area contributed by atoms with Crippen molar-refractivity contribution in [2.75, 3.05) is 6.54 Å². The van der Waals surface area contributed by atoms with Crippen LogP contribution in [0, 0.1) is 0 Å². The Morgan fingerprint density at radius 1 is 0.828 bits per heavy atom. The van der Waals surface area contributed by atoms with Crippen LogP contribution in [0.3, 0.4) is 0 Å². The summed E-state index contributed by atoms with van der Waals surface area (Å²) >= 11 is 0. The predicted molar refractivity (Wildman–Crippen MR) is 124 cm³/mol. The Labute approximate surface area is 180 Å². The van der Waals surface area contributed by atoms with Crippen LogP contribution < -0.4 is 0 Å². The van der Waals surface area contributed by atoms with E-state index in [9.17, 15) is 9.59 Å². The summed E-state index contributed by atoms with van der Waals surface area (Å²) in [5.74, 6) is -0.455. The minimum Gasteiger partial charge on any atom is -0.329 e. The van der Waals surface area contributed by atoms with Crippen molar-refractivity contribution >= 4 is 11.7 Å². The lowest BCUT2D eigenvalue weighted by Gasteiger charge is -2.28.